The summed E-state index contributed by atoms with van der Waals surface area (Å²) in [7, 11) is 0. The lowest BCUT2D eigenvalue weighted by Crippen LogP contribution is -2.55. The number of nitrogens with one attached hydrogen (secondary N) is 1. The molecule has 1 aromatic rings. The highest BCUT2D eigenvalue weighted by atomic mass is 16.5. The van der Waals surface area contributed by atoms with Crippen molar-refractivity contribution in [3.63, 3.8) is 0 Å². The molecule has 5 heteroatoms. The minimum atomic E-state index is -1.19. The molecule has 1 aromatic carbocycles. The van der Waals surface area contributed by atoms with Crippen LogP contribution in [-0.4, -0.2) is 46.5 Å². The van der Waals surface area contributed by atoms with Crippen molar-refractivity contribution in [3.05, 3.63) is 30.3 Å². The van der Waals surface area contributed by atoms with E-state index in [9.17, 15) is 15.3 Å². The molecule has 5 nitrogen and oxygen atoms in total. The molecule has 0 bridgehead atoms. The van der Waals surface area contributed by atoms with Gasteiger partial charge in [-0.1, -0.05) is 18.2 Å². The van der Waals surface area contributed by atoms with Crippen LogP contribution in [0, 0.1) is 0 Å². The number of ether oxygens (including phenoxy) is 1. The molecule has 2 rings (SSSR count). The highest BCUT2D eigenvalue weighted by molar-refractivity contribution is 5.43. The van der Waals surface area contributed by atoms with Gasteiger partial charge in [0.1, 0.15) is 18.3 Å². The van der Waals surface area contributed by atoms with Gasteiger partial charge in [0.25, 0.3) is 0 Å². The van der Waals surface area contributed by atoms with Crippen molar-refractivity contribution in [1.29, 1.82) is 0 Å². The molecule has 1 fully saturated rings. The Morgan fingerprint density at radius 3 is 2.44 bits per heavy atom. The summed E-state index contributed by atoms with van der Waals surface area (Å²) < 4.78 is 5.21. The number of aliphatic hydroxyl groups is 3. The summed E-state index contributed by atoms with van der Waals surface area (Å²) in [6, 6.07) is 9.23. The van der Waals surface area contributed by atoms with E-state index in [0.717, 1.165) is 5.69 Å². The second-order valence-corrected chi connectivity index (χ2v) is 3.81. The third-order valence-corrected chi connectivity index (χ3v) is 2.58. The van der Waals surface area contributed by atoms with Crippen LogP contribution in [0.25, 0.3) is 0 Å². The summed E-state index contributed by atoms with van der Waals surface area (Å²) >= 11 is 0. The Morgan fingerprint density at radius 1 is 1.06 bits per heavy atom. The van der Waals surface area contributed by atoms with E-state index < -0.39 is 24.5 Å². The van der Waals surface area contributed by atoms with Crippen LogP contribution in [0.4, 0.5) is 5.69 Å². The van der Waals surface area contributed by atoms with Crippen LogP contribution in [0.3, 0.4) is 0 Å². The Balaban J connectivity index is 2.00. The van der Waals surface area contributed by atoms with E-state index in [2.05, 4.69) is 5.32 Å². The van der Waals surface area contributed by atoms with E-state index in [1.54, 1.807) is 0 Å². The molecule has 1 saturated heterocycles. The summed E-state index contributed by atoms with van der Waals surface area (Å²) in [4.78, 5) is 0. The molecule has 0 radical (unpaired) electrons. The number of anilines is 1. The van der Waals surface area contributed by atoms with Crippen molar-refractivity contribution in [3.8, 4) is 0 Å². The predicted octanol–water partition coefficient (Wildman–Crippen LogP) is -0.463. The molecular formula is C11H15NO4. The Labute approximate surface area is 93.3 Å². The maximum absolute atomic E-state index is 9.67. The van der Waals surface area contributed by atoms with Gasteiger partial charge in [-0.25, -0.2) is 0 Å². The zero-order valence-corrected chi connectivity index (χ0v) is 8.65. The molecule has 0 saturated carbocycles. The second kappa shape index (κ2) is 4.80. The van der Waals surface area contributed by atoms with Gasteiger partial charge in [0.2, 0.25) is 0 Å². The van der Waals surface area contributed by atoms with Gasteiger partial charge in [-0.3, -0.25) is 0 Å². The molecule has 16 heavy (non-hydrogen) atoms. The molecule has 1 aliphatic heterocycles. The number of rotatable bonds is 2. The predicted molar refractivity (Wildman–Crippen MR) is 57.8 cm³/mol. The van der Waals surface area contributed by atoms with Gasteiger partial charge in [-0.05, 0) is 12.1 Å². The first-order chi connectivity index (χ1) is 7.68. The first-order valence-corrected chi connectivity index (χ1v) is 5.16. The minimum absolute atomic E-state index is 0.00271. The fraction of sp³-hybridized carbons (Fsp3) is 0.455. The highest BCUT2D eigenvalue weighted by Crippen LogP contribution is 2.18. The van der Waals surface area contributed by atoms with E-state index in [4.69, 9.17) is 4.74 Å². The monoisotopic (exact) mass is 225 g/mol. The summed E-state index contributed by atoms with van der Waals surface area (Å²) in [5.74, 6) is 0. The smallest absolute Gasteiger partial charge is 0.156 e. The molecule has 0 unspecified atom stereocenters. The zero-order valence-electron chi connectivity index (χ0n) is 8.65. The number of hydrogen-bond donors (Lipinski definition) is 4. The van der Waals surface area contributed by atoms with Crippen LogP contribution in [0.15, 0.2) is 30.3 Å². The normalized spacial score (nSPS) is 34.7. The fourth-order valence-corrected chi connectivity index (χ4v) is 1.63. The van der Waals surface area contributed by atoms with Gasteiger partial charge in [0.15, 0.2) is 6.23 Å². The maximum Gasteiger partial charge on any atom is 0.156 e. The van der Waals surface area contributed by atoms with Crippen molar-refractivity contribution in [2.45, 2.75) is 24.5 Å². The van der Waals surface area contributed by atoms with Crippen molar-refractivity contribution >= 4 is 5.69 Å². The SMILES string of the molecule is O[C@@H]1[C@H](O)[C@H](O)CO[C@@H]1Nc1ccccc1. The molecule has 0 aromatic heterocycles. The van der Waals surface area contributed by atoms with Crippen LogP contribution >= 0.6 is 0 Å². The first-order valence-electron chi connectivity index (χ1n) is 5.16. The summed E-state index contributed by atoms with van der Waals surface area (Å²) in [6.07, 6.45) is -4.08. The maximum atomic E-state index is 9.67. The summed E-state index contributed by atoms with van der Waals surface area (Å²) in [6.45, 7) is 0.00271. The number of benzene rings is 1. The molecule has 0 amide bonds. The molecule has 0 spiro atoms. The van der Waals surface area contributed by atoms with Crippen LogP contribution in [0.5, 0.6) is 0 Å². The third kappa shape index (κ3) is 2.33. The standard InChI is InChI=1S/C11H15NO4/c13-8-6-16-11(10(15)9(8)14)12-7-4-2-1-3-5-7/h1-5,8-15H,6H2/t8-,9-,10-,11+/m1/s1. The minimum Gasteiger partial charge on any atom is -0.388 e. The largest absolute Gasteiger partial charge is 0.388 e. The van der Waals surface area contributed by atoms with E-state index in [1.807, 2.05) is 30.3 Å². The van der Waals surface area contributed by atoms with Gasteiger partial charge in [0, 0.05) is 5.69 Å². The van der Waals surface area contributed by atoms with E-state index in [0.29, 0.717) is 0 Å². The average molecular weight is 225 g/mol. The van der Waals surface area contributed by atoms with Gasteiger partial charge in [0.05, 0.1) is 6.61 Å². The molecule has 1 aliphatic rings. The lowest BCUT2D eigenvalue weighted by atomic mass is 10.0. The zero-order chi connectivity index (χ0) is 11.5. The Hall–Kier alpha value is -1.14. The Kier molecular flexibility index (Phi) is 3.40. The van der Waals surface area contributed by atoms with E-state index in [1.165, 1.54) is 0 Å². The Morgan fingerprint density at radius 2 is 1.75 bits per heavy atom. The first kappa shape index (κ1) is 11.3. The lowest BCUT2D eigenvalue weighted by molar-refractivity contribution is -0.178. The van der Waals surface area contributed by atoms with Gasteiger partial charge in [-0.15, -0.1) is 0 Å². The van der Waals surface area contributed by atoms with E-state index >= 15 is 0 Å². The van der Waals surface area contributed by atoms with Crippen molar-refractivity contribution in [2.24, 2.45) is 0 Å². The highest BCUT2D eigenvalue weighted by Gasteiger charge is 2.37. The molecule has 0 aliphatic carbocycles. The number of aliphatic hydroxyl groups excluding tert-OH is 3. The van der Waals surface area contributed by atoms with Gasteiger partial charge in [-0.2, -0.15) is 0 Å². The number of para-hydroxylation sites is 1. The van der Waals surface area contributed by atoms with Crippen molar-refractivity contribution < 1.29 is 20.1 Å². The third-order valence-electron chi connectivity index (χ3n) is 2.58. The molecular weight excluding hydrogens is 210 g/mol. The van der Waals surface area contributed by atoms with Crippen LogP contribution < -0.4 is 5.32 Å². The Bertz CT molecular complexity index is 332. The van der Waals surface area contributed by atoms with Gasteiger partial charge >= 0.3 is 0 Å². The molecule has 1 heterocycles. The van der Waals surface area contributed by atoms with Crippen LogP contribution in [0.1, 0.15) is 0 Å². The quantitative estimate of drug-likeness (QED) is 0.547. The molecule has 4 atom stereocenters. The molecule has 88 valence electrons. The summed E-state index contributed by atoms with van der Waals surface area (Å²) in [5, 5.41) is 31.4. The average Bonchev–Trinajstić information content (AvgIpc) is 2.31. The van der Waals surface area contributed by atoms with E-state index in [-0.39, 0.29) is 6.61 Å². The van der Waals surface area contributed by atoms with Crippen molar-refractivity contribution in [2.75, 3.05) is 11.9 Å². The van der Waals surface area contributed by atoms with Crippen LogP contribution in [-0.2, 0) is 4.74 Å². The number of hydrogen-bond acceptors (Lipinski definition) is 5. The van der Waals surface area contributed by atoms with Crippen molar-refractivity contribution in [1.82, 2.24) is 0 Å². The fourth-order valence-electron chi connectivity index (χ4n) is 1.63. The lowest BCUT2D eigenvalue weighted by Gasteiger charge is -2.35. The topological polar surface area (TPSA) is 82.0 Å². The van der Waals surface area contributed by atoms with Gasteiger partial charge < -0.3 is 25.4 Å². The second-order valence-electron chi connectivity index (χ2n) is 3.81. The summed E-state index contributed by atoms with van der Waals surface area (Å²) in [5.41, 5.74) is 0.787. The molecule has 4 N–H and O–H groups in total. The van der Waals surface area contributed by atoms with Crippen LogP contribution in [0.2, 0.25) is 0 Å².